The number of allylic oxidation sites excluding steroid dienone is 1. The Balaban J connectivity index is 2.68. The summed E-state index contributed by atoms with van der Waals surface area (Å²) in [6, 6.07) is 9.48. The van der Waals surface area contributed by atoms with Gasteiger partial charge in [-0.05, 0) is 37.6 Å². The number of aliphatic hydroxyl groups excluding tert-OH is 1. The molecule has 94 valence electrons. The molecule has 3 nitrogen and oxygen atoms in total. The van der Waals surface area contributed by atoms with Crippen molar-refractivity contribution in [3.05, 3.63) is 47.5 Å². The van der Waals surface area contributed by atoms with Gasteiger partial charge in [0.05, 0.1) is 6.61 Å². The van der Waals surface area contributed by atoms with Crippen molar-refractivity contribution in [2.24, 2.45) is 0 Å². The Kier molecular flexibility index (Phi) is 5.69. The van der Waals surface area contributed by atoms with E-state index in [0.717, 1.165) is 5.56 Å². The third-order valence-electron chi connectivity index (χ3n) is 2.23. The summed E-state index contributed by atoms with van der Waals surface area (Å²) in [5.74, 6) is 5.07. The molecular weight excluding hydrogens is 228 g/mol. The number of esters is 1. The normalized spacial score (nSPS) is 12.3. The van der Waals surface area contributed by atoms with Crippen molar-refractivity contribution < 1.29 is 14.6 Å². The van der Waals surface area contributed by atoms with Crippen LogP contribution in [0.4, 0.5) is 0 Å². The van der Waals surface area contributed by atoms with Gasteiger partial charge in [-0.2, -0.15) is 0 Å². The van der Waals surface area contributed by atoms with Crippen molar-refractivity contribution >= 4 is 5.97 Å². The number of benzene rings is 1. The first-order valence-electron chi connectivity index (χ1n) is 5.73. The topological polar surface area (TPSA) is 46.5 Å². The minimum absolute atomic E-state index is 0.249. The Morgan fingerprint density at radius 2 is 2.11 bits per heavy atom. The van der Waals surface area contributed by atoms with E-state index in [0.29, 0.717) is 5.57 Å². The highest BCUT2D eigenvalue weighted by Crippen LogP contribution is 2.03. The molecule has 0 bridgehead atoms. The van der Waals surface area contributed by atoms with Crippen LogP contribution in [0.1, 0.15) is 19.4 Å². The molecule has 1 unspecified atom stereocenters. The summed E-state index contributed by atoms with van der Waals surface area (Å²) in [6.07, 6.45) is 0.282. The second-order valence-electron chi connectivity index (χ2n) is 3.68. The molecular formula is C15H16O3. The van der Waals surface area contributed by atoms with Crippen molar-refractivity contribution in [2.75, 3.05) is 6.61 Å². The van der Waals surface area contributed by atoms with Gasteiger partial charge in [-0.15, -0.1) is 0 Å². The van der Waals surface area contributed by atoms with Gasteiger partial charge >= 0.3 is 5.97 Å². The van der Waals surface area contributed by atoms with Gasteiger partial charge in [-0.25, -0.2) is 4.79 Å². The Labute approximate surface area is 107 Å². The van der Waals surface area contributed by atoms with E-state index in [4.69, 9.17) is 4.74 Å². The van der Waals surface area contributed by atoms with Crippen molar-refractivity contribution in [1.29, 1.82) is 0 Å². The van der Waals surface area contributed by atoms with E-state index in [1.165, 1.54) is 6.08 Å². The molecule has 1 aromatic carbocycles. The maximum absolute atomic E-state index is 11.3. The van der Waals surface area contributed by atoms with Crippen LogP contribution >= 0.6 is 0 Å². The molecule has 3 heteroatoms. The molecule has 1 aromatic rings. The van der Waals surface area contributed by atoms with Crippen molar-refractivity contribution in [3.8, 4) is 11.8 Å². The van der Waals surface area contributed by atoms with E-state index in [1.54, 1.807) is 13.8 Å². The van der Waals surface area contributed by atoms with Crippen LogP contribution in [0, 0.1) is 11.8 Å². The van der Waals surface area contributed by atoms with E-state index >= 15 is 0 Å². The van der Waals surface area contributed by atoms with Crippen LogP contribution in [-0.4, -0.2) is 23.8 Å². The van der Waals surface area contributed by atoms with E-state index < -0.39 is 12.1 Å². The predicted octanol–water partition coefficient (Wildman–Crippen LogP) is 1.91. The molecule has 1 rings (SSSR count). The average Bonchev–Trinajstić information content (AvgIpc) is 2.39. The molecule has 0 spiro atoms. The van der Waals surface area contributed by atoms with E-state index in [9.17, 15) is 9.90 Å². The van der Waals surface area contributed by atoms with Gasteiger partial charge in [-0.1, -0.05) is 30.0 Å². The molecule has 0 radical (unpaired) electrons. The highest BCUT2D eigenvalue weighted by molar-refractivity contribution is 5.78. The number of aliphatic hydroxyl groups is 1. The maximum atomic E-state index is 11.3. The van der Waals surface area contributed by atoms with Gasteiger partial charge in [0, 0.05) is 5.56 Å². The summed E-state index contributed by atoms with van der Waals surface area (Å²) in [5.41, 5.74) is 1.35. The van der Waals surface area contributed by atoms with Gasteiger partial charge in [0.15, 0.2) is 6.10 Å². The summed E-state index contributed by atoms with van der Waals surface area (Å²) >= 11 is 0. The van der Waals surface area contributed by atoms with E-state index in [1.807, 2.05) is 30.3 Å². The lowest BCUT2D eigenvalue weighted by Gasteiger charge is -2.08. The zero-order valence-electron chi connectivity index (χ0n) is 10.5. The second-order valence-corrected chi connectivity index (χ2v) is 3.68. The number of rotatable bonds is 3. The standard InChI is InChI=1S/C15H16O3/c1-3-18-15(17)14(16)12(2)8-7-11-13-9-5-4-6-10-13/h4-6,8-10,14,16H,3H2,1-2H3. The molecule has 1 N–H and O–H groups in total. The molecule has 18 heavy (non-hydrogen) atoms. The van der Waals surface area contributed by atoms with E-state index in [2.05, 4.69) is 11.8 Å². The lowest BCUT2D eigenvalue weighted by atomic mass is 10.1. The number of carbonyl (C=O) groups is 1. The molecule has 0 aliphatic carbocycles. The Morgan fingerprint density at radius 1 is 1.44 bits per heavy atom. The Hall–Kier alpha value is -2.05. The van der Waals surface area contributed by atoms with Gasteiger partial charge < -0.3 is 9.84 Å². The van der Waals surface area contributed by atoms with Crippen LogP contribution in [0.3, 0.4) is 0 Å². The summed E-state index contributed by atoms with van der Waals surface area (Å²) in [4.78, 5) is 11.3. The number of ether oxygens (including phenoxy) is 1. The molecule has 1 atom stereocenters. The summed E-state index contributed by atoms with van der Waals surface area (Å²) in [7, 11) is 0. The first-order chi connectivity index (χ1) is 8.65. The zero-order valence-corrected chi connectivity index (χ0v) is 10.5. The Morgan fingerprint density at radius 3 is 2.72 bits per heavy atom. The first-order valence-corrected chi connectivity index (χ1v) is 5.73. The second kappa shape index (κ2) is 7.31. The van der Waals surface area contributed by atoms with Crippen LogP contribution in [0.15, 0.2) is 42.0 Å². The molecule has 0 saturated carbocycles. The SMILES string of the molecule is CCOC(=O)C(O)C(C)=CC#Cc1ccccc1. The third kappa shape index (κ3) is 4.44. The predicted molar refractivity (Wildman–Crippen MR) is 69.7 cm³/mol. The lowest BCUT2D eigenvalue weighted by molar-refractivity contribution is -0.150. The summed E-state index contributed by atoms with van der Waals surface area (Å²) in [5, 5.41) is 9.60. The van der Waals surface area contributed by atoms with Crippen LogP contribution < -0.4 is 0 Å². The van der Waals surface area contributed by atoms with Gasteiger partial charge in [0.25, 0.3) is 0 Å². The molecule has 0 aromatic heterocycles. The van der Waals surface area contributed by atoms with Crippen molar-refractivity contribution in [1.82, 2.24) is 0 Å². The van der Waals surface area contributed by atoms with Crippen molar-refractivity contribution in [2.45, 2.75) is 20.0 Å². The van der Waals surface area contributed by atoms with Gasteiger partial charge in [0.2, 0.25) is 0 Å². The quantitative estimate of drug-likeness (QED) is 0.652. The fraction of sp³-hybridized carbons (Fsp3) is 0.267. The van der Waals surface area contributed by atoms with Crippen LogP contribution in [0.2, 0.25) is 0 Å². The van der Waals surface area contributed by atoms with Crippen LogP contribution in [-0.2, 0) is 9.53 Å². The summed E-state index contributed by atoms with van der Waals surface area (Å²) in [6.45, 7) is 3.58. The molecule has 0 heterocycles. The van der Waals surface area contributed by atoms with Gasteiger partial charge in [0.1, 0.15) is 0 Å². The van der Waals surface area contributed by atoms with E-state index in [-0.39, 0.29) is 6.61 Å². The van der Waals surface area contributed by atoms with Crippen molar-refractivity contribution in [3.63, 3.8) is 0 Å². The number of hydrogen-bond acceptors (Lipinski definition) is 3. The summed E-state index contributed by atoms with van der Waals surface area (Å²) < 4.78 is 4.71. The fourth-order valence-electron chi connectivity index (χ4n) is 1.24. The Bertz CT molecular complexity index is 477. The maximum Gasteiger partial charge on any atom is 0.339 e. The average molecular weight is 244 g/mol. The zero-order chi connectivity index (χ0) is 13.4. The third-order valence-corrected chi connectivity index (χ3v) is 2.23. The van der Waals surface area contributed by atoms with Crippen LogP contribution in [0.25, 0.3) is 0 Å². The molecule has 0 amide bonds. The largest absolute Gasteiger partial charge is 0.464 e. The first kappa shape index (κ1) is 14.0. The van der Waals surface area contributed by atoms with Gasteiger partial charge in [-0.3, -0.25) is 0 Å². The molecule has 0 aliphatic rings. The number of carbonyl (C=O) groups excluding carboxylic acids is 1. The minimum atomic E-state index is -1.24. The minimum Gasteiger partial charge on any atom is -0.464 e. The molecule has 0 aliphatic heterocycles. The smallest absolute Gasteiger partial charge is 0.339 e. The fourth-order valence-corrected chi connectivity index (χ4v) is 1.24. The monoisotopic (exact) mass is 244 g/mol. The number of hydrogen-bond donors (Lipinski definition) is 1. The highest BCUT2D eigenvalue weighted by Gasteiger charge is 2.17. The molecule has 0 saturated heterocycles. The lowest BCUT2D eigenvalue weighted by Crippen LogP contribution is -2.24. The van der Waals surface area contributed by atoms with Crippen LogP contribution in [0.5, 0.6) is 0 Å². The molecule has 0 fully saturated rings. The highest BCUT2D eigenvalue weighted by atomic mass is 16.5.